The number of hydrogen-bond acceptors (Lipinski definition) is 4. The van der Waals surface area contributed by atoms with E-state index in [4.69, 9.17) is 0 Å². The average molecular weight is 239 g/mol. The molecular formula is C11H13NOS2. The Labute approximate surface area is 97.2 Å². The molecule has 2 heterocycles. The maximum Gasteiger partial charge on any atom is 0.0933 e. The Morgan fingerprint density at radius 1 is 1.47 bits per heavy atom. The van der Waals surface area contributed by atoms with E-state index in [2.05, 4.69) is 18.0 Å². The number of nitrogens with zero attached hydrogens (tertiary/aromatic N) is 1. The fourth-order valence-corrected chi connectivity index (χ4v) is 3.17. The van der Waals surface area contributed by atoms with Gasteiger partial charge < -0.3 is 5.11 Å². The molecule has 0 aromatic carbocycles. The van der Waals surface area contributed by atoms with Gasteiger partial charge in [0.05, 0.1) is 11.6 Å². The Hall–Kier alpha value is -0.710. The predicted molar refractivity (Wildman–Crippen MR) is 64.5 cm³/mol. The smallest absolute Gasteiger partial charge is 0.0933 e. The number of aliphatic hydroxyl groups is 1. The summed E-state index contributed by atoms with van der Waals surface area (Å²) in [6.07, 6.45) is 3.12. The second-order valence-corrected chi connectivity index (χ2v) is 5.27. The largest absolute Gasteiger partial charge is 0.387 e. The van der Waals surface area contributed by atoms with Gasteiger partial charge in [-0.25, -0.2) is 0 Å². The van der Waals surface area contributed by atoms with E-state index < -0.39 is 0 Å². The summed E-state index contributed by atoms with van der Waals surface area (Å²) in [6.45, 7) is 2.12. The molecule has 2 rings (SSSR count). The van der Waals surface area contributed by atoms with Gasteiger partial charge in [-0.1, -0.05) is 6.92 Å². The second-order valence-electron chi connectivity index (χ2n) is 3.35. The fourth-order valence-electron chi connectivity index (χ4n) is 1.56. The van der Waals surface area contributed by atoms with Crippen molar-refractivity contribution in [1.29, 1.82) is 0 Å². The molecule has 0 aliphatic rings. The normalized spacial score (nSPS) is 12.9. The number of aromatic nitrogens is 1. The SMILES string of the molecule is CCc1ccsc1C(O)Cc1cncs1. The van der Waals surface area contributed by atoms with Crippen LogP contribution in [0.2, 0.25) is 0 Å². The van der Waals surface area contributed by atoms with E-state index >= 15 is 0 Å². The highest BCUT2D eigenvalue weighted by molar-refractivity contribution is 7.10. The van der Waals surface area contributed by atoms with Crippen LogP contribution in [0.25, 0.3) is 0 Å². The van der Waals surface area contributed by atoms with Crippen molar-refractivity contribution >= 4 is 22.7 Å². The molecule has 1 unspecified atom stereocenters. The predicted octanol–water partition coefficient (Wildman–Crippen LogP) is 3.04. The highest BCUT2D eigenvalue weighted by Crippen LogP contribution is 2.28. The van der Waals surface area contributed by atoms with Gasteiger partial charge in [-0.15, -0.1) is 22.7 Å². The molecule has 2 aromatic rings. The van der Waals surface area contributed by atoms with Crippen molar-refractivity contribution in [2.75, 3.05) is 0 Å². The van der Waals surface area contributed by atoms with Crippen molar-refractivity contribution in [3.05, 3.63) is 38.5 Å². The molecule has 15 heavy (non-hydrogen) atoms. The Balaban J connectivity index is 2.11. The molecule has 2 nitrogen and oxygen atoms in total. The van der Waals surface area contributed by atoms with Crippen LogP contribution in [0.1, 0.15) is 28.3 Å². The van der Waals surface area contributed by atoms with Gasteiger partial charge >= 0.3 is 0 Å². The number of aryl methyl sites for hydroxylation is 1. The van der Waals surface area contributed by atoms with Gasteiger partial charge in [-0.05, 0) is 23.4 Å². The molecule has 0 aliphatic carbocycles. The summed E-state index contributed by atoms with van der Waals surface area (Å²) < 4.78 is 0. The van der Waals surface area contributed by atoms with E-state index in [0.29, 0.717) is 6.42 Å². The Morgan fingerprint density at radius 2 is 2.33 bits per heavy atom. The highest BCUT2D eigenvalue weighted by Gasteiger charge is 2.14. The highest BCUT2D eigenvalue weighted by atomic mass is 32.1. The first-order valence-corrected chi connectivity index (χ1v) is 6.69. The molecule has 0 radical (unpaired) electrons. The average Bonchev–Trinajstić information content (AvgIpc) is 2.86. The molecule has 0 spiro atoms. The molecule has 0 saturated carbocycles. The zero-order chi connectivity index (χ0) is 10.7. The van der Waals surface area contributed by atoms with E-state index in [1.54, 1.807) is 28.2 Å². The summed E-state index contributed by atoms with van der Waals surface area (Å²) in [5.41, 5.74) is 3.06. The van der Waals surface area contributed by atoms with Crippen molar-refractivity contribution < 1.29 is 5.11 Å². The first-order chi connectivity index (χ1) is 7.31. The molecule has 0 saturated heterocycles. The third-order valence-corrected chi connectivity index (χ3v) is 4.20. The fraction of sp³-hybridized carbons (Fsp3) is 0.364. The van der Waals surface area contributed by atoms with E-state index in [1.807, 2.05) is 11.6 Å². The van der Waals surface area contributed by atoms with Crippen molar-refractivity contribution in [2.45, 2.75) is 25.9 Å². The molecule has 2 aromatic heterocycles. The van der Waals surface area contributed by atoms with Crippen LogP contribution in [0.15, 0.2) is 23.2 Å². The molecule has 0 aliphatic heterocycles. The van der Waals surface area contributed by atoms with E-state index in [9.17, 15) is 5.11 Å². The molecule has 4 heteroatoms. The minimum atomic E-state index is -0.375. The number of rotatable bonds is 4. The van der Waals surface area contributed by atoms with Gasteiger partial charge in [0.25, 0.3) is 0 Å². The van der Waals surface area contributed by atoms with Gasteiger partial charge in [0.2, 0.25) is 0 Å². The first-order valence-electron chi connectivity index (χ1n) is 4.93. The monoisotopic (exact) mass is 239 g/mol. The van der Waals surface area contributed by atoms with E-state index in [-0.39, 0.29) is 6.10 Å². The van der Waals surface area contributed by atoms with Crippen molar-refractivity contribution in [3.8, 4) is 0 Å². The topological polar surface area (TPSA) is 33.1 Å². The van der Waals surface area contributed by atoms with Crippen LogP contribution >= 0.6 is 22.7 Å². The molecule has 1 N–H and O–H groups in total. The summed E-state index contributed by atoms with van der Waals surface area (Å²) in [5.74, 6) is 0. The third-order valence-electron chi connectivity index (χ3n) is 2.34. The number of thiophene rings is 1. The van der Waals surface area contributed by atoms with Crippen LogP contribution < -0.4 is 0 Å². The minimum absolute atomic E-state index is 0.375. The number of hydrogen-bond donors (Lipinski definition) is 1. The maximum absolute atomic E-state index is 10.1. The molecule has 0 fully saturated rings. The minimum Gasteiger partial charge on any atom is -0.387 e. The molecule has 80 valence electrons. The lowest BCUT2D eigenvalue weighted by atomic mass is 10.1. The van der Waals surface area contributed by atoms with Crippen LogP contribution in [-0.4, -0.2) is 10.1 Å². The lowest BCUT2D eigenvalue weighted by molar-refractivity contribution is 0.182. The quantitative estimate of drug-likeness (QED) is 0.889. The molecule has 0 amide bonds. The Morgan fingerprint density at radius 3 is 3.00 bits per heavy atom. The van der Waals surface area contributed by atoms with Crippen molar-refractivity contribution in [1.82, 2.24) is 4.98 Å². The van der Waals surface area contributed by atoms with Crippen LogP contribution in [0.5, 0.6) is 0 Å². The van der Waals surface area contributed by atoms with Gasteiger partial charge in [-0.3, -0.25) is 4.98 Å². The lowest BCUT2D eigenvalue weighted by Crippen LogP contribution is -2.00. The van der Waals surface area contributed by atoms with E-state index in [0.717, 1.165) is 16.2 Å². The Kier molecular flexibility index (Phi) is 3.51. The molecule has 0 bridgehead atoms. The summed E-state index contributed by atoms with van der Waals surface area (Å²) in [7, 11) is 0. The maximum atomic E-state index is 10.1. The van der Waals surface area contributed by atoms with E-state index in [1.165, 1.54) is 5.56 Å². The first kappa shape index (κ1) is 10.8. The molecule has 1 atom stereocenters. The molecular weight excluding hydrogens is 226 g/mol. The van der Waals surface area contributed by atoms with Gasteiger partial charge in [0, 0.05) is 22.4 Å². The van der Waals surface area contributed by atoms with Crippen LogP contribution in [0, 0.1) is 0 Å². The van der Waals surface area contributed by atoms with Gasteiger partial charge in [0.1, 0.15) is 0 Å². The zero-order valence-electron chi connectivity index (χ0n) is 8.51. The van der Waals surface area contributed by atoms with Crippen molar-refractivity contribution in [3.63, 3.8) is 0 Å². The number of aliphatic hydroxyl groups excluding tert-OH is 1. The lowest BCUT2D eigenvalue weighted by Gasteiger charge is -2.09. The Bertz CT molecular complexity index is 408. The van der Waals surface area contributed by atoms with Gasteiger partial charge in [-0.2, -0.15) is 0 Å². The third kappa shape index (κ3) is 2.45. The standard InChI is InChI=1S/C11H13NOS2/c1-2-8-3-4-14-11(8)10(13)5-9-6-12-7-15-9/h3-4,6-7,10,13H,2,5H2,1H3. The summed E-state index contributed by atoms with van der Waals surface area (Å²) in [4.78, 5) is 6.25. The summed E-state index contributed by atoms with van der Waals surface area (Å²) in [6, 6.07) is 2.09. The number of thiazole rings is 1. The van der Waals surface area contributed by atoms with Crippen LogP contribution in [0.4, 0.5) is 0 Å². The van der Waals surface area contributed by atoms with Crippen molar-refractivity contribution in [2.24, 2.45) is 0 Å². The zero-order valence-corrected chi connectivity index (χ0v) is 10.1. The second kappa shape index (κ2) is 4.88. The summed E-state index contributed by atoms with van der Waals surface area (Å²) >= 11 is 3.23. The van der Waals surface area contributed by atoms with Gasteiger partial charge in [0.15, 0.2) is 0 Å². The van der Waals surface area contributed by atoms with Crippen LogP contribution in [0.3, 0.4) is 0 Å². The van der Waals surface area contributed by atoms with Crippen LogP contribution in [-0.2, 0) is 12.8 Å². The summed E-state index contributed by atoms with van der Waals surface area (Å²) in [5, 5.41) is 12.1.